The lowest BCUT2D eigenvalue weighted by molar-refractivity contribution is -0.315. The van der Waals surface area contributed by atoms with Gasteiger partial charge in [0.2, 0.25) is 0 Å². The van der Waals surface area contributed by atoms with Crippen LogP contribution in [0.4, 0.5) is 4.79 Å². The topological polar surface area (TPSA) is 105 Å². The van der Waals surface area contributed by atoms with E-state index >= 15 is 0 Å². The fourth-order valence-corrected chi connectivity index (χ4v) is 1.79. The second-order valence-corrected chi connectivity index (χ2v) is 5.49. The Bertz CT molecular complexity index is 555. The Morgan fingerprint density at radius 2 is 1.83 bits per heavy atom. The highest BCUT2D eigenvalue weighted by Crippen LogP contribution is 2.18. The van der Waals surface area contributed by atoms with Crippen LogP contribution in [0.15, 0.2) is 30.3 Å². The van der Waals surface area contributed by atoms with Gasteiger partial charge >= 0.3 is 6.09 Å². The summed E-state index contributed by atoms with van der Waals surface area (Å²) in [6.07, 6.45) is -0.835. The molecule has 7 heteroatoms. The van der Waals surface area contributed by atoms with Crippen molar-refractivity contribution in [3.63, 3.8) is 0 Å². The summed E-state index contributed by atoms with van der Waals surface area (Å²) in [6, 6.07) is 7.86. The second kappa shape index (κ2) is 8.28. The number of hydrogen-bond donors (Lipinski definition) is 1. The van der Waals surface area contributed by atoms with Gasteiger partial charge in [0.15, 0.2) is 5.78 Å². The molecule has 1 N–H and O–H groups in total. The first-order valence-corrected chi connectivity index (χ1v) is 7.01. The largest absolute Gasteiger partial charge is 0.549 e. The molecule has 0 spiro atoms. The van der Waals surface area contributed by atoms with E-state index in [0.717, 1.165) is 5.56 Å². The third kappa shape index (κ3) is 5.37. The van der Waals surface area contributed by atoms with Crippen molar-refractivity contribution >= 4 is 17.8 Å². The van der Waals surface area contributed by atoms with Crippen molar-refractivity contribution in [3.8, 4) is 0 Å². The Morgan fingerprint density at radius 3 is 2.35 bits per heavy atom. The molecule has 0 fully saturated rings. The van der Waals surface area contributed by atoms with Crippen LogP contribution in [-0.4, -0.2) is 37.6 Å². The number of ketones is 1. The molecule has 126 valence electrons. The van der Waals surface area contributed by atoms with Crippen molar-refractivity contribution < 1.29 is 29.0 Å². The van der Waals surface area contributed by atoms with Crippen LogP contribution in [0.25, 0.3) is 0 Å². The van der Waals surface area contributed by atoms with Crippen LogP contribution in [0, 0.1) is 5.41 Å². The number of methoxy groups -OCH3 is 1. The van der Waals surface area contributed by atoms with E-state index in [-0.39, 0.29) is 13.2 Å². The SMILES string of the molecule is COCC(NC(=O)OCc1ccccc1)C(=O)C(C)(C)C(=O)[O-]. The van der Waals surface area contributed by atoms with E-state index in [1.54, 1.807) is 24.3 Å². The Hall–Kier alpha value is -2.41. The zero-order valence-electron chi connectivity index (χ0n) is 13.3. The van der Waals surface area contributed by atoms with Crippen molar-refractivity contribution in [2.24, 2.45) is 5.41 Å². The number of amides is 1. The molecule has 0 saturated heterocycles. The number of carboxylic acids is 1. The Balaban J connectivity index is 2.66. The van der Waals surface area contributed by atoms with Gasteiger partial charge in [0.25, 0.3) is 0 Å². The summed E-state index contributed by atoms with van der Waals surface area (Å²) in [5, 5.41) is 13.4. The van der Waals surface area contributed by atoms with Crippen LogP contribution in [0.1, 0.15) is 19.4 Å². The van der Waals surface area contributed by atoms with Gasteiger partial charge in [-0.05, 0) is 19.4 Å². The maximum absolute atomic E-state index is 12.2. The fraction of sp³-hybridized carbons (Fsp3) is 0.438. The smallest absolute Gasteiger partial charge is 0.408 e. The lowest BCUT2D eigenvalue weighted by Gasteiger charge is -2.29. The molecule has 1 aromatic carbocycles. The highest BCUT2D eigenvalue weighted by Gasteiger charge is 2.36. The van der Waals surface area contributed by atoms with Gasteiger partial charge in [0, 0.05) is 7.11 Å². The number of ether oxygens (including phenoxy) is 2. The molecule has 23 heavy (non-hydrogen) atoms. The number of carboxylic acid groups (broad SMARTS) is 1. The number of nitrogens with one attached hydrogen (secondary N) is 1. The summed E-state index contributed by atoms with van der Waals surface area (Å²) < 4.78 is 9.87. The molecule has 1 atom stereocenters. The molecule has 0 aromatic heterocycles. The van der Waals surface area contributed by atoms with E-state index in [2.05, 4.69) is 5.32 Å². The van der Waals surface area contributed by atoms with Crippen molar-refractivity contribution in [3.05, 3.63) is 35.9 Å². The van der Waals surface area contributed by atoms with Crippen LogP contribution >= 0.6 is 0 Å². The molecular formula is C16H20NO6-. The number of benzene rings is 1. The summed E-state index contributed by atoms with van der Waals surface area (Å²) in [5.74, 6) is -2.25. The molecule has 1 rings (SSSR count). The van der Waals surface area contributed by atoms with Gasteiger partial charge in [-0.2, -0.15) is 0 Å². The zero-order valence-corrected chi connectivity index (χ0v) is 13.3. The molecule has 1 aromatic rings. The van der Waals surface area contributed by atoms with Crippen LogP contribution in [0.5, 0.6) is 0 Å². The summed E-state index contributed by atoms with van der Waals surface area (Å²) in [6.45, 7) is 2.29. The maximum Gasteiger partial charge on any atom is 0.408 e. The standard InChI is InChI=1S/C16H21NO6/c1-16(2,14(19)20)13(18)12(10-22-3)17-15(21)23-9-11-7-5-4-6-8-11/h4-8,12H,9-10H2,1-3H3,(H,17,21)(H,19,20)/p-1. The number of hydrogen-bond acceptors (Lipinski definition) is 6. The number of alkyl carbamates (subject to hydrolysis) is 1. The number of Topliss-reactive ketones (excluding diaryl/α,β-unsaturated/α-hetero) is 1. The van der Waals surface area contributed by atoms with Crippen LogP contribution in [-0.2, 0) is 25.7 Å². The zero-order chi connectivity index (χ0) is 17.5. The lowest BCUT2D eigenvalue weighted by Crippen LogP contribution is -2.54. The molecule has 0 saturated carbocycles. The van der Waals surface area contributed by atoms with Gasteiger partial charge < -0.3 is 24.7 Å². The average molecular weight is 322 g/mol. The highest BCUT2D eigenvalue weighted by molar-refractivity contribution is 6.05. The summed E-state index contributed by atoms with van der Waals surface area (Å²) in [7, 11) is 1.34. The maximum atomic E-state index is 12.2. The van der Waals surface area contributed by atoms with Crippen molar-refractivity contribution in [2.45, 2.75) is 26.5 Å². The Labute approximate surface area is 134 Å². The highest BCUT2D eigenvalue weighted by atomic mass is 16.5. The average Bonchev–Trinajstić information content (AvgIpc) is 2.52. The van der Waals surface area contributed by atoms with Crippen LogP contribution in [0.2, 0.25) is 0 Å². The molecule has 0 aliphatic carbocycles. The van der Waals surface area contributed by atoms with Gasteiger partial charge in [-0.3, -0.25) is 4.79 Å². The Morgan fingerprint density at radius 1 is 1.22 bits per heavy atom. The Kier molecular flexibility index (Phi) is 6.71. The van der Waals surface area contributed by atoms with E-state index in [4.69, 9.17) is 9.47 Å². The van der Waals surface area contributed by atoms with Crippen molar-refractivity contribution in [1.29, 1.82) is 0 Å². The minimum atomic E-state index is -1.75. The first-order valence-electron chi connectivity index (χ1n) is 7.01. The minimum absolute atomic E-state index is 0.0322. The van der Waals surface area contributed by atoms with Crippen molar-refractivity contribution in [2.75, 3.05) is 13.7 Å². The molecule has 0 aliphatic heterocycles. The second-order valence-electron chi connectivity index (χ2n) is 5.49. The van der Waals surface area contributed by atoms with Crippen molar-refractivity contribution in [1.82, 2.24) is 5.32 Å². The summed E-state index contributed by atoms with van der Waals surface area (Å²) in [5.41, 5.74) is -0.969. The molecule has 0 radical (unpaired) electrons. The van der Waals surface area contributed by atoms with Gasteiger partial charge in [-0.15, -0.1) is 0 Å². The van der Waals surface area contributed by atoms with E-state index in [1.165, 1.54) is 21.0 Å². The van der Waals surface area contributed by atoms with Gasteiger partial charge in [-0.25, -0.2) is 4.79 Å². The first-order chi connectivity index (χ1) is 10.8. The molecular weight excluding hydrogens is 302 g/mol. The number of aliphatic carboxylic acids is 1. The van der Waals surface area contributed by atoms with E-state index in [0.29, 0.717) is 0 Å². The number of carbonyl (C=O) groups is 3. The monoisotopic (exact) mass is 322 g/mol. The van der Waals surface area contributed by atoms with E-state index < -0.39 is 29.3 Å². The predicted molar refractivity (Wildman–Crippen MR) is 79.2 cm³/mol. The van der Waals surface area contributed by atoms with E-state index in [1.807, 2.05) is 6.07 Å². The van der Waals surface area contributed by atoms with Crippen LogP contribution < -0.4 is 10.4 Å². The normalized spacial score (nSPS) is 12.3. The predicted octanol–water partition coefficient (Wildman–Crippen LogP) is 0.273. The fourth-order valence-electron chi connectivity index (χ4n) is 1.79. The minimum Gasteiger partial charge on any atom is -0.549 e. The third-order valence-corrected chi connectivity index (χ3v) is 3.28. The van der Waals surface area contributed by atoms with Gasteiger partial charge in [0.05, 0.1) is 18.0 Å². The molecule has 0 aliphatic rings. The molecule has 7 nitrogen and oxygen atoms in total. The summed E-state index contributed by atoms with van der Waals surface area (Å²) >= 11 is 0. The first kappa shape index (κ1) is 18.6. The van der Waals surface area contributed by atoms with Gasteiger partial charge in [-0.1, -0.05) is 30.3 Å². The van der Waals surface area contributed by atoms with Crippen LogP contribution in [0.3, 0.4) is 0 Å². The van der Waals surface area contributed by atoms with E-state index in [9.17, 15) is 19.5 Å². The van der Waals surface area contributed by atoms with Gasteiger partial charge in [0.1, 0.15) is 12.6 Å². The molecule has 0 bridgehead atoms. The molecule has 1 unspecified atom stereocenters. The molecule has 1 amide bonds. The lowest BCUT2D eigenvalue weighted by atomic mass is 9.84. The molecule has 0 heterocycles. The third-order valence-electron chi connectivity index (χ3n) is 3.28. The summed E-state index contributed by atoms with van der Waals surface area (Å²) in [4.78, 5) is 35.1. The number of rotatable bonds is 8. The quantitative estimate of drug-likeness (QED) is 0.689. The number of carbonyl (C=O) groups excluding carboxylic acids is 3.